The maximum Gasteiger partial charge on any atom is 0.323 e. The zero-order valence-corrected chi connectivity index (χ0v) is 9.39. The molecule has 1 heterocycles. The summed E-state index contributed by atoms with van der Waals surface area (Å²) in [5.41, 5.74) is 7.95. The lowest BCUT2D eigenvalue weighted by atomic mass is 9.86. The molecule has 0 amide bonds. The van der Waals surface area contributed by atoms with Gasteiger partial charge in [-0.1, -0.05) is 6.42 Å². The van der Waals surface area contributed by atoms with E-state index in [2.05, 4.69) is 4.79 Å². The Hall–Kier alpha value is -1.03. The normalized spacial score (nSPS) is 36.8. The number of methoxy groups -OCH3 is 1. The minimum atomic E-state index is -0.376. The number of ether oxygens (including phenoxy) is 2. The molecule has 2 fully saturated rings. The lowest BCUT2D eigenvalue weighted by Crippen LogP contribution is -2.35. The van der Waals surface area contributed by atoms with E-state index in [-0.39, 0.29) is 17.7 Å². The number of rotatable bonds is 4. The van der Waals surface area contributed by atoms with Gasteiger partial charge in [0, 0.05) is 20.0 Å². The molecule has 16 heavy (non-hydrogen) atoms. The van der Waals surface area contributed by atoms with E-state index in [1.807, 2.05) is 0 Å². The van der Waals surface area contributed by atoms with Crippen LogP contribution in [0.5, 0.6) is 0 Å². The molecule has 2 rings (SSSR count). The summed E-state index contributed by atoms with van der Waals surface area (Å²) in [6, 6.07) is 0. The Kier molecular flexibility index (Phi) is 3.19. The SMILES string of the molecule is CO[C@H]1C[C@H]2CCC[C@@]2(CC(=O)C=[N+]=[N-])O1. The second-order valence-corrected chi connectivity index (χ2v) is 4.56. The number of nitrogens with zero attached hydrogens (tertiary/aromatic N) is 2. The van der Waals surface area contributed by atoms with Gasteiger partial charge >= 0.3 is 6.21 Å². The monoisotopic (exact) mass is 224 g/mol. The Balaban J connectivity index is 2.09. The molecule has 0 unspecified atom stereocenters. The first-order valence-electron chi connectivity index (χ1n) is 5.61. The van der Waals surface area contributed by atoms with Gasteiger partial charge in [0.15, 0.2) is 6.29 Å². The van der Waals surface area contributed by atoms with E-state index in [0.717, 1.165) is 31.9 Å². The maximum atomic E-state index is 11.5. The van der Waals surface area contributed by atoms with Crippen molar-refractivity contribution in [3.8, 4) is 0 Å². The van der Waals surface area contributed by atoms with Crippen LogP contribution in [0.25, 0.3) is 5.53 Å². The third-order valence-electron chi connectivity index (χ3n) is 3.68. The number of Topliss-reactive ketones (excluding diaryl/α,β-unsaturated/α-hetero) is 1. The lowest BCUT2D eigenvalue weighted by molar-refractivity contribution is -0.162. The van der Waals surface area contributed by atoms with Gasteiger partial charge in [0.05, 0.1) is 5.60 Å². The van der Waals surface area contributed by atoms with Gasteiger partial charge in [-0.2, -0.15) is 4.79 Å². The highest BCUT2D eigenvalue weighted by Crippen LogP contribution is 2.49. The fourth-order valence-electron chi connectivity index (χ4n) is 2.97. The standard InChI is InChI=1S/C11H16N2O3/c1-15-10-5-8-3-2-4-11(8,16-10)6-9(14)7-13-12/h7-8,10H,2-6H2,1H3/t8-,10-,11+/m1/s1. The topological polar surface area (TPSA) is 71.9 Å². The van der Waals surface area contributed by atoms with Crippen LogP contribution < -0.4 is 0 Å². The summed E-state index contributed by atoms with van der Waals surface area (Å²) in [4.78, 5) is 14.3. The first kappa shape index (κ1) is 11.5. The molecule has 5 heteroatoms. The number of carbonyl (C=O) groups excluding carboxylic acids is 1. The quantitative estimate of drug-likeness (QED) is 0.409. The highest BCUT2D eigenvalue weighted by atomic mass is 16.7. The molecule has 2 aliphatic rings. The molecule has 0 bridgehead atoms. The highest BCUT2D eigenvalue weighted by molar-refractivity contribution is 6.25. The summed E-state index contributed by atoms with van der Waals surface area (Å²) >= 11 is 0. The van der Waals surface area contributed by atoms with Crippen LogP contribution in [0.2, 0.25) is 0 Å². The van der Waals surface area contributed by atoms with Crippen molar-refractivity contribution < 1.29 is 19.1 Å². The van der Waals surface area contributed by atoms with Gasteiger partial charge in [-0.25, -0.2) is 0 Å². The molecule has 0 radical (unpaired) electrons. The Morgan fingerprint density at radius 2 is 2.56 bits per heavy atom. The number of hydrogen-bond acceptors (Lipinski definition) is 3. The van der Waals surface area contributed by atoms with Gasteiger partial charge in [-0.05, 0) is 18.8 Å². The van der Waals surface area contributed by atoms with Crippen molar-refractivity contribution in [2.75, 3.05) is 7.11 Å². The molecule has 0 aromatic heterocycles. The van der Waals surface area contributed by atoms with Crippen LogP contribution in [0.4, 0.5) is 0 Å². The van der Waals surface area contributed by atoms with Gasteiger partial charge in [0.25, 0.3) is 0 Å². The van der Waals surface area contributed by atoms with E-state index in [1.54, 1.807) is 7.11 Å². The second-order valence-electron chi connectivity index (χ2n) is 4.56. The number of carbonyl (C=O) groups is 1. The molecule has 1 saturated heterocycles. The van der Waals surface area contributed by atoms with Crippen LogP contribution in [0.3, 0.4) is 0 Å². The zero-order valence-electron chi connectivity index (χ0n) is 9.39. The van der Waals surface area contributed by atoms with Gasteiger partial charge in [-0.15, -0.1) is 0 Å². The van der Waals surface area contributed by atoms with Gasteiger partial charge < -0.3 is 15.0 Å². The fraction of sp³-hybridized carbons (Fsp3) is 0.818. The van der Waals surface area contributed by atoms with E-state index in [9.17, 15) is 4.79 Å². The van der Waals surface area contributed by atoms with Crippen molar-refractivity contribution in [3.63, 3.8) is 0 Å². The Labute approximate surface area is 94.3 Å². The third-order valence-corrected chi connectivity index (χ3v) is 3.68. The molecule has 0 aromatic rings. The second kappa shape index (κ2) is 4.45. The van der Waals surface area contributed by atoms with Crippen molar-refractivity contribution in [2.24, 2.45) is 5.92 Å². The molecule has 1 saturated carbocycles. The van der Waals surface area contributed by atoms with Crippen LogP contribution >= 0.6 is 0 Å². The smallest absolute Gasteiger partial charge is 0.323 e. The third kappa shape index (κ3) is 1.94. The summed E-state index contributed by atoms with van der Waals surface area (Å²) < 4.78 is 11.1. The van der Waals surface area contributed by atoms with Crippen molar-refractivity contribution in [1.82, 2.24) is 0 Å². The van der Waals surface area contributed by atoms with Crippen molar-refractivity contribution in [3.05, 3.63) is 5.53 Å². The Morgan fingerprint density at radius 3 is 3.25 bits per heavy atom. The molecular weight excluding hydrogens is 208 g/mol. The first-order chi connectivity index (χ1) is 7.70. The fourth-order valence-corrected chi connectivity index (χ4v) is 2.97. The molecule has 0 spiro atoms. The molecule has 3 atom stereocenters. The van der Waals surface area contributed by atoms with E-state index in [4.69, 9.17) is 15.0 Å². The molecule has 0 aromatic carbocycles. The average Bonchev–Trinajstić information content (AvgIpc) is 2.73. The van der Waals surface area contributed by atoms with Crippen LogP contribution in [-0.4, -0.2) is 35.8 Å². The predicted octanol–water partition coefficient (Wildman–Crippen LogP) is 1.18. The maximum absolute atomic E-state index is 11.5. The van der Waals surface area contributed by atoms with Crippen molar-refractivity contribution >= 4 is 12.0 Å². The average molecular weight is 224 g/mol. The number of hydrogen-bond donors (Lipinski definition) is 0. The van der Waals surface area contributed by atoms with Gasteiger partial charge in [0.2, 0.25) is 5.78 Å². The largest absolute Gasteiger partial charge is 0.361 e. The van der Waals surface area contributed by atoms with E-state index >= 15 is 0 Å². The molecule has 1 aliphatic heterocycles. The summed E-state index contributed by atoms with van der Waals surface area (Å²) in [6.45, 7) is 0. The molecule has 0 N–H and O–H groups in total. The summed E-state index contributed by atoms with van der Waals surface area (Å²) in [5, 5.41) is 0. The number of fused-ring (bicyclic) bond motifs is 1. The lowest BCUT2D eigenvalue weighted by Gasteiger charge is -2.26. The van der Waals surface area contributed by atoms with Gasteiger partial charge in [0.1, 0.15) is 0 Å². The Morgan fingerprint density at radius 1 is 1.75 bits per heavy atom. The number of ketones is 1. The molecule has 1 aliphatic carbocycles. The van der Waals surface area contributed by atoms with Gasteiger partial charge in [-0.3, -0.25) is 4.79 Å². The van der Waals surface area contributed by atoms with E-state index in [0.29, 0.717) is 12.3 Å². The minimum absolute atomic E-state index is 0.189. The first-order valence-corrected chi connectivity index (χ1v) is 5.61. The van der Waals surface area contributed by atoms with E-state index in [1.165, 1.54) is 0 Å². The zero-order chi connectivity index (χ0) is 11.6. The Bertz CT molecular complexity index is 338. The van der Waals surface area contributed by atoms with Crippen molar-refractivity contribution in [1.29, 1.82) is 0 Å². The predicted molar refractivity (Wildman–Crippen MR) is 55.9 cm³/mol. The molecule has 88 valence electrons. The molecule has 5 nitrogen and oxygen atoms in total. The summed E-state index contributed by atoms with van der Waals surface area (Å²) in [6.07, 6.45) is 4.98. The van der Waals surface area contributed by atoms with Crippen LogP contribution in [0, 0.1) is 5.92 Å². The molecular formula is C11H16N2O3. The van der Waals surface area contributed by atoms with Crippen molar-refractivity contribution in [2.45, 2.75) is 44.0 Å². The van der Waals surface area contributed by atoms with Crippen LogP contribution in [-0.2, 0) is 14.3 Å². The highest BCUT2D eigenvalue weighted by Gasteiger charge is 2.52. The summed E-state index contributed by atoms with van der Waals surface area (Å²) in [7, 11) is 1.62. The van der Waals surface area contributed by atoms with Crippen LogP contribution in [0.1, 0.15) is 32.1 Å². The van der Waals surface area contributed by atoms with Crippen LogP contribution in [0.15, 0.2) is 0 Å². The van der Waals surface area contributed by atoms with E-state index < -0.39 is 0 Å². The minimum Gasteiger partial charge on any atom is -0.361 e. The summed E-state index contributed by atoms with van der Waals surface area (Å²) in [5.74, 6) is 0.208.